The smallest absolute Gasteiger partial charge is 0.253 e. The van der Waals surface area contributed by atoms with Crippen molar-refractivity contribution in [1.82, 2.24) is 9.80 Å². The molecule has 1 amide bonds. The van der Waals surface area contributed by atoms with Crippen LogP contribution in [0.2, 0.25) is 0 Å². The molecule has 1 saturated carbocycles. The third kappa shape index (κ3) is 13.1. The Morgan fingerprint density at radius 2 is 1.08 bits per heavy atom. The van der Waals surface area contributed by atoms with Crippen LogP contribution in [-0.4, -0.2) is 68.0 Å². The van der Waals surface area contributed by atoms with Crippen molar-refractivity contribution in [3.63, 3.8) is 0 Å². The second-order valence-electron chi connectivity index (χ2n) is 16.8. The average Bonchev–Trinajstić information content (AvgIpc) is 3.66. The van der Waals surface area contributed by atoms with E-state index in [1.165, 1.54) is 59.1 Å². The lowest BCUT2D eigenvalue weighted by Gasteiger charge is -2.42. The third-order valence-electron chi connectivity index (χ3n) is 11.9. The van der Waals surface area contributed by atoms with E-state index >= 15 is 0 Å². The average molecular weight is 818 g/mol. The van der Waals surface area contributed by atoms with Crippen LogP contribution in [0.25, 0.3) is 0 Å². The lowest BCUT2D eigenvalue weighted by molar-refractivity contribution is 0.0827. The number of aliphatic imine (C=N–C) groups is 1. The van der Waals surface area contributed by atoms with Crippen LogP contribution in [0.3, 0.4) is 0 Å². The molecule has 4 aromatic carbocycles. The number of carbonyl (C=O) groups is 1. The van der Waals surface area contributed by atoms with Gasteiger partial charge in [0.05, 0.1) is 5.54 Å². The lowest BCUT2D eigenvalue weighted by Crippen LogP contribution is -2.41. The Morgan fingerprint density at radius 3 is 1.48 bits per heavy atom. The molecule has 330 valence electrons. The van der Waals surface area contributed by atoms with Crippen molar-refractivity contribution in [3.05, 3.63) is 142 Å². The van der Waals surface area contributed by atoms with Gasteiger partial charge in [-0.1, -0.05) is 146 Å². The molecule has 0 atom stereocenters. The van der Waals surface area contributed by atoms with Gasteiger partial charge in [-0.2, -0.15) is 0 Å². The van der Waals surface area contributed by atoms with E-state index in [0.717, 1.165) is 48.9 Å². The third-order valence-corrected chi connectivity index (χ3v) is 11.9. The van der Waals surface area contributed by atoms with Gasteiger partial charge < -0.3 is 14.5 Å². The number of ether oxygens (including phenoxy) is 1. The molecule has 3 aliphatic rings. The normalized spacial score (nSPS) is 19.8. The van der Waals surface area contributed by atoms with Crippen LogP contribution in [0.1, 0.15) is 164 Å². The summed E-state index contributed by atoms with van der Waals surface area (Å²) in [5, 5.41) is 0. The summed E-state index contributed by atoms with van der Waals surface area (Å²) in [6.07, 6.45) is 7.17. The molecule has 60 heavy (non-hydrogen) atoms. The second-order valence-corrected chi connectivity index (χ2v) is 16.8. The molecule has 0 spiro atoms. The minimum Gasteiger partial charge on any atom is -0.475 e. The van der Waals surface area contributed by atoms with Crippen molar-refractivity contribution in [2.24, 2.45) is 10.9 Å². The van der Waals surface area contributed by atoms with Gasteiger partial charge in [-0.05, 0) is 139 Å². The number of aryl methyl sites for hydroxylation is 2. The van der Waals surface area contributed by atoms with Gasteiger partial charge in [-0.15, -0.1) is 0 Å². The van der Waals surface area contributed by atoms with Gasteiger partial charge in [0.2, 0.25) is 5.90 Å². The van der Waals surface area contributed by atoms with Crippen molar-refractivity contribution in [3.8, 4) is 0 Å². The molecule has 2 aliphatic heterocycles. The molecule has 5 nitrogen and oxygen atoms in total. The fourth-order valence-electron chi connectivity index (χ4n) is 8.48. The summed E-state index contributed by atoms with van der Waals surface area (Å²) >= 11 is 0. The molecule has 7 rings (SSSR count). The minimum atomic E-state index is -0.120. The monoisotopic (exact) mass is 818 g/mol. The van der Waals surface area contributed by atoms with Crippen LogP contribution >= 0.6 is 0 Å². The Kier molecular flexibility index (Phi) is 21.5. The maximum atomic E-state index is 12.2. The fourth-order valence-corrected chi connectivity index (χ4v) is 8.48. The highest BCUT2D eigenvalue weighted by Gasteiger charge is 2.39. The van der Waals surface area contributed by atoms with Crippen molar-refractivity contribution in [2.45, 2.75) is 145 Å². The highest BCUT2D eigenvalue weighted by Crippen LogP contribution is 2.47. The van der Waals surface area contributed by atoms with Crippen LogP contribution < -0.4 is 0 Å². The van der Waals surface area contributed by atoms with Gasteiger partial charge in [0.25, 0.3) is 5.91 Å². The quantitative estimate of drug-likeness (QED) is 0.195. The maximum absolute atomic E-state index is 12.2. The molecule has 0 unspecified atom stereocenters. The molecule has 4 aromatic rings. The summed E-state index contributed by atoms with van der Waals surface area (Å²) < 4.78 is 5.82. The molecular formula is C55H83N3O2. The molecule has 0 radical (unpaired) electrons. The SMILES string of the molecule is CC.CC.CC.CC.Cc1cccc(C2(c3ccc(C(=O)N(C)C)cc3)CCC(C)CC2)c1.Cc1cccc(C2(c3ccc(C4=NC(C)(C)CO4)cc3)CCN(C)CC2)c1. The molecule has 0 bridgehead atoms. The summed E-state index contributed by atoms with van der Waals surface area (Å²) in [7, 11) is 5.82. The maximum Gasteiger partial charge on any atom is 0.253 e. The van der Waals surface area contributed by atoms with Crippen molar-refractivity contribution in [2.75, 3.05) is 40.8 Å². The first kappa shape index (κ1) is 51.9. The summed E-state index contributed by atoms with van der Waals surface area (Å²) in [6.45, 7) is 29.8. The van der Waals surface area contributed by atoms with Gasteiger partial charge in [-0.3, -0.25) is 4.79 Å². The van der Waals surface area contributed by atoms with Gasteiger partial charge in [0, 0.05) is 36.1 Å². The number of hydrogen-bond acceptors (Lipinski definition) is 4. The molecule has 1 saturated heterocycles. The predicted molar refractivity (Wildman–Crippen MR) is 261 cm³/mol. The van der Waals surface area contributed by atoms with Gasteiger partial charge >= 0.3 is 0 Å². The van der Waals surface area contributed by atoms with E-state index in [9.17, 15) is 4.79 Å². The highest BCUT2D eigenvalue weighted by molar-refractivity contribution is 5.95. The summed E-state index contributed by atoms with van der Waals surface area (Å²) in [5.41, 5.74) is 10.2. The Balaban J connectivity index is 0.000000356. The first-order chi connectivity index (χ1) is 28.8. The van der Waals surface area contributed by atoms with Crippen LogP contribution in [0.4, 0.5) is 0 Å². The number of rotatable bonds is 6. The minimum absolute atomic E-state index is 0.0634. The zero-order chi connectivity index (χ0) is 45.1. The molecule has 5 heteroatoms. The Morgan fingerprint density at radius 1 is 0.650 bits per heavy atom. The predicted octanol–water partition coefficient (Wildman–Crippen LogP) is 13.9. The zero-order valence-electron chi connectivity index (χ0n) is 40.8. The number of carbonyl (C=O) groups excluding carboxylic acids is 1. The van der Waals surface area contributed by atoms with Gasteiger partial charge in [-0.25, -0.2) is 4.99 Å². The number of likely N-dealkylation sites (tertiary alicyclic amines) is 1. The number of benzene rings is 4. The first-order valence-corrected chi connectivity index (χ1v) is 23.3. The second kappa shape index (κ2) is 24.9. The van der Waals surface area contributed by atoms with Gasteiger partial charge in [0.15, 0.2) is 0 Å². The van der Waals surface area contributed by atoms with Crippen molar-refractivity contribution in [1.29, 1.82) is 0 Å². The summed E-state index contributed by atoms with van der Waals surface area (Å²) in [6, 6.07) is 35.3. The molecule has 1 aliphatic carbocycles. The van der Waals surface area contributed by atoms with E-state index in [0.29, 0.717) is 6.61 Å². The van der Waals surface area contributed by atoms with E-state index in [1.54, 1.807) is 19.0 Å². The first-order valence-electron chi connectivity index (χ1n) is 23.3. The van der Waals surface area contributed by atoms with Crippen molar-refractivity contribution < 1.29 is 9.53 Å². The zero-order valence-corrected chi connectivity index (χ0v) is 40.8. The Hall–Kier alpha value is -4.22. The van der Waals surface area contributed by atoms with Gasteiger partial charge in [0.1, 0.15) is 6.61 Å². The summed E-state index contributed by atoms with van der Waals surface area (Å²) in [4.78, 5) is 21.0. The molecular weight excluding hydrogens is 735 g/mol. The molecule has 0 aromatic heterocycles. The fraction of sp³-hybridized carbons (Fsp3) is 0.527. The topological polar surface area (TPSA) is 45.1 Å². The highest BCUT2D eigenvalue weighted by atomic mass is 16.5. The van der Waals surface area contributed by atoms with Crippen LogP contribution in [0, 0.1) is 19.8 Å². The van der Waals surface area contributed by atoms with Crippen molar-refractivity contribution >= 4 is 11.8 Å². The number of amides is 1. The Labute approximate surface area is 368 Å². The largest absolute Gasteiger partial charge is 0.475 e. The van der Waals surface area contributed by atoms with E-state index in [2.05, 4.69) is 131 Å². The number of piperidine rings is 1. The van der Waals surface area contributed by atoms with Crippen LogP contribution in [0.15, 0.2) is 102 Å². The number of hydrogen-bond donors (Lipinski definition) is 0. The molecule has 0 N–H and O–H groups in total. The van der Waals surface area contributed by atoms with Crippen LogP contribution in [-0.2, 0) is 15.6 Å². The van der Waals surface area contributed by atoms with Crippen LogP contribution in [0.5, 0.6) is 0 Å². The molecule has 2 heterocycles. The van der Waals surface area contributed by atoms with E-state index in [1.807, 2.05) is 67.5 Å². The van der Waals surface area contributed by atoms with E-state index < -0.39 is 0 Å². The van der Waals surface area contributed by atoms with E-state index in [-0.39, 0.29) is 22.3 Å². The lowest BCUT2D eigenvalue weighted by atomic mass is 9.63. The van der Waals surface area contributed by atoms with E-state index in [4.69, 9.17) is 9.73 Å². The summed E-state index contributed by atoms with van der Waals surface area (Å²) in [5.74, 6) is 1.64. The number of nitrogens with zero attached hydrogens (tertiary/aromatic N) is 3. The Bertz CT molecular complexity index is 1860. The standard InChI is InChI=1S/C24H30N2O.C23H29NO.4C2H6/c1-18-6-5-7-21(16-18)24(12-14-26(4)15-13-24)20-10-8-19(9-11-20)22-25-23(2,3)17-27-22;1-17-12-14-23(15-13-17,21-7-5-6-18(2)16-21)20-10-8-19(9-11-20)22(25)24(3)4;4*1-2/h5-11,16H,12-15,17H2,1-4H3;5-11,16-17H,12-15H2,1-4H3;4*1-2H3. The molecule has 2 fully saturated rings.